The van der Waals surface area contributed by atoms with Crippen LogP contribution in [0.4, 0.5) is 20.2 Å². The summed E-state index contributed by atoms with van der Waals surface area (Å²) in [6.45, 7) is 0.661. The van der Waals surface area contributed by atoms with Crippen LogP contribution in [0.5, 0.6) is 0 Å². The Bertz CT molecular complexity index is 331. The van der Waals surface area contributed by atoms with Crippen molar-refractivity contribution in [1.82, 2.24) is 0 Å². The van der Waals surface area contributed by atoms with E-state index in [1.54, 1.807) is 11.8 Å². The van der Waals surface area contributed by atoms with Crippen molar-refractivity contribution in [2.45, 2.75) is 6.42 Å². The Kier molecular flexibility index (Phi) is 4.68. The van der Waals surface area contributed by atoms with Gasteiger partial charge in [-0.15, -0.1) is 0 Å². The number of nitrogen functional groups attached to an aromatic ring is 1. The molecule has 0 saturated carbocycles. The molecule has 0 unspecified atom stereocenters. The molecule has 0 atom stereocenters. The van der Waals surface area contributed by atoms with Crippen LogP contribution in [0.1, 0.15) is 6.42 Å². The van der Waals surface area contributed by atoms with E-state index >= 15 is 0 Å². The zero-order valence-corrected chi connectivity index (χ0v) is 9.33. The lowest BCUT2D eigenvalue weighted by molar-refractivity contribution is 0.587. The average Bonchev–Trinajstić information content (AvgIpc) is 2.19. The summed E-state index contributed by atoms with van der Waals surface area (Å²) in [7, 11) is 0. The van der Waals surface area contributed by atoms with Gasteiger partial charge in [0.25, 0.3) is 0 Å². The van der Waals surface area contributed by atoms with E-state index in [1.807, 2.05) is 6.26 Å². The van der Waals surface area contributed by atoms with Gasteiger partial charge in [-0.05, 0) is 24.5 Å². The van der Waals surface area contributed by atoms with Gasteiger partial charge in [0, 0.05) is 12.6 Å². The summed E-state index contributed by atoms with van der Waals surface area (Å²) in [6, 6.07) is 1.99. The van der Waals surface area contributed by atoms with Crippen molar-refractivity contribution in [2.24, 2.45) is 0 Å². The number of nitrogens with two attached hydrogens (primary N) is 1. The predicted molar refractivity (Wildman–Crippen MR) is 62.3 cm³/mol. The zero-order chi connectivity index (χ0) is 11.3. The summed E-state index contributed by atoms with van der Waals surface area (Å²) in [5, 5.41) is 2.91. The van der Waals surface area contributed by atoms with Crippen LogP contribution >= 0.6 is 11.8 Å². The summed E-state index contributed by atoms with van der Waals surface area (Å²) in [5.41, 5.74) is 5.76. The van der Waals surface area contributed by atoms with Gasteiger partial charge >= 0.3 is 0 Å². The lowest BCUT2D eigenvalue weighted by Gasteiger charge is -2.09. The molecule has 0 amide bonds. The number of hydrogen-bond donors (Lipinski definition) is 2. The van der Waals surface area contributed by atoms with Crippen LogP contribution in [-0.4, -0.2) is 18.6 Å². The first-order valence-electron chi connectivity index (χ1n) is 4.62. The van der Waals surface area contributed by atoms with Gasteiger partial charge in [0.1, 0.15) is 5.82 Å². The van der Waals surface area contributed by atoms with E-state index in [9.17, 15) is 8.78 Å². The zero-order valence-electron chi connectivity index (χ0n) is 8.52. The molecule has 0 aliphatic carbocycles. The number of thioether (sulfide) groups is 1. The third kappa shape index (κ3) is 3.58. The highest BCUT2D eigenvalue weighted by molar-refractivity contribution is 7.98. The van der Waals surface area contributed by atoms with Gasteiger partial charge in [-0.3, -0.25) is 0 Å². The highest BCUT2D eigenvalue weighted by atomic mass is 32.2. The summed E-state index contributed by atoms with van der Waals surface area (Å²) >= 11 is 1.73. The van der Waals surface area contributed by atoms with Crippen molar-refractivity contribution in [3.63, 3.8) is 0 Å². The molecule has 2 nitrogen and oxygen atoms in total. The molecule has 0 aromatic heterocycles. The predicted octanol–water partition coefficient (Wildman–Crippen LogP) is 2.71. The fourth-order valence-corrected chi connectivity index (χ4v) is 1.60. The molecule has 15 heavy (non-hydrogen) atoms. The second kappa shape index (κ2) is 5.80. The monoisotopic (exact) mass is 232 g/mol. The molecule has 0 spiro atoms. The van der Waals surface area contributed by atoms with E-state index in [1.165, 1.54) is 6.07 Å². The van der Waals surface area contributed by atoms with Crippen molar-refractivity contribution in [3.05, 3.63) is 23.8 Å². The molecule has 1 aromatic rings. The van der Waals surface area contributed by atoms with Crippen LogP contribution < -0.4 is 11.1 Å². The fourth-order valence-electron chi connectivity index (χ4n) is 1.17. The quantitative estimate of drug-likeness (QED) is 0.605. The molecule has 1 rings (SSSR count). The molecule has 0 saturated heterocycles. The second-order valence-electron chi connectivity index (χ2n) is 3.12. The van der Waals surface area contributed by atoms with Crippen molar-refractivity contribution < 1.29 is 8.78 Å². The summed E-state index contributed by atoms with van der Waals surface area (Å²) < 4.78 is 25.8. The van der Waals surface area contributed by atoms with E-state index in [2.05, 4.69) is 5.32 Å². The minimum absolute atomic E-state index is 0.0273. The number of nitrogens with one attached hydrogen (secondary N) is 1. The second-order valence-corrected chi connectivity index (χ2v) is 4.11. The number of benzene rings is 1. The standard InChI is InChI=1S/C10H14F2N2S/c1-15-4-2-3-14-9-6-7(11)5-8(12)10(9)13/h5-6,14H,2-4,13H2,1H3. The minimum atomic E-state index is -0.720. The highest BCUT2D eigenvalue weighted by Gasteiger charge is 2.07. The van der Waals surface area contributed by atoms with Gasteiger partial charge in [-0.1, -0.05) is 0 Å². The van der Waals surface area contributed by atoms with Crippen LogP contribution in [0.25, 0.3) is 0 Å². The van der Waals surface area contributed by atoms with Crippen LogP contribution in [-0.2, 0) is 0 Å². The molecule has 0 aliphatic rings. The number of anilines is 2. The first-order valence-corrected chi connectivity index (χ1v) is 6.02. The SMILES string of the molecule is CSCCCNc1cc(F)cc(F)c1N. The van der Waals surface area contributed by atoms with Crippen molar-refractivity contribution in [2.75, 3.05) is 29.6 Å². The third-order valence-electron chi connectivity index (χ3n) is 1.93. The van der Waals surface area contributed by atoms with Crippen molar-refractivity contribution >= 4 is 23.1 Å². The van der Waals surface area contributed by atoms with Crippen LogP contribution in [0.15, 0.2) is 12.1 Å². The maximum atomic E-state index is 13.0. The topological polar surface area (TPSA) is 38.0 Å². The number of halogens is 2. The highest BCUT2D eigenvalue weighted by Crippen LogP contribution is 2.23. The van der Waals surface area contributed by atoms with Gasteiger partial charge in [-0.25, -0.2) is 8.78 Å². The van der Waals surface area contributed by atoms with E-state index in [-0.39, 0.29) is 5.69 Å². The molecule has 1 aromatic carbocycles. The molecular weight excluding hydrogens is 218 g/mol. The van der Waals surface area contributed by atoms with Gasteiger partial charge in [-0.2, -0.15) is 11.8 Å². The summed E-state index contributed by atoms with van der Waals surface area (Å²) in [4.78, 5) is 0. The van der Waals surface area contributed by atoms with E-state index in [0.717, 1.165) is 18.2 Å². The number of rotatable bonds is 5. The Labute approximate surface area is 92.2 Å². The lowest BCUT2D eigenvalue weighted by atomic mass is 10.2. The Morgan fingerprint density at radius 2 is 2.13 bits per heavy atom. The van der Waals surface area contributed by atoms with E-state index in [4.69, 9.17) is 5.73 Å². The lowest BCUT2D eigenvalue weighted by Crippen LogP contribution is -2.06. The fraction of sp³-hybridized carbons (Fsp3) is 0.400. The normalized spacial score (nSPS) is 10.3. The molecule has 0 bridgehead atoms. The van der Waals surface area contributed by atoms with E-state index < -0.39 is 11.6 Å². The van der Waals surface area contributed by atoms with E-state index in [0.29, 0.717) is 12.2 Å². The smallest absolute Gasteiger partial charge is 0.151 e. The van der Waals surface area contributed by atoms with Crippen molar-refractivity contribution in [3.8, 4) is 0 Å². The Balaban J connectivity index is 2.60. The van der Waals surface area contributed by atoms with Gasteiger partial charge in [0.2, 0.25) is 0 Å². The largest absolute Gasteiger partial charge is 0.395 e. The third-order valence-corrected chi connectivity index (χ3v) is 2.63. The van der Waals surface area contributed by atoms with Crippen LogP contribution in [0, 0.1) is 11.6 Å². The molecule has 0 aliphatic heterocycles. The van der Waals surface area contributed by atoms with Gasteiger partial charge < -0.3 is 11.1 Å². The molecule has 5 heteroatoms. The van der Waals surface area contributed by atoms with Crippen LogP contribution in [0.2, 0.25) is 0 Å². The molecule has 0 radical (unpaired) electrons. The molecule has 0 fully saturated rings. The Hall–Kier alpha value is -0.970. The first-order chi connectivity index (χ1) is 7.15. The summed E-state index contributed by atoms with van der Waals surface area (Å²) in [6.07, 6.45) is 2.94. The Morgan fingerprint density at radius 3 is 2.80 bits per heavy atom. The maximum absolute atomic E-state index is 13.0. The molecular formula is C10H14F2N2S. The van der Waals surface area contributed by atoms with Gasteiger partial charge in [0.15, 0.2) is 5.82 Å². The molecule has 3 N–H and O–H groups in total. The minimum Gasteiger partial charge on any atom is -0.395 e. The van der Waals surface area contributed by atoms with Gasteiger partial charge in [0.05, 0.1) is 11.4 Å². The first kappa shape index (κ1) is 12.1. The average molecular weight is 232 g/mol. The summed E-state index contributed by atoms with van der Waals surface area (Å²) in [5.74, 6) is -0.332. The number of hydrogen-bond acceptors (Lipinski definition) is 3. The van der Waals surface area contributed by atoms with Crippen molar-refractivity contribution in [1.29, 1.82) is 0 Å². The maximum Gasteiger partial charge on any atom is 0.151 e. The van der Waals surface area contributed by atoms with Crippen LogP contribution in [0.3, 0.4) is 0 Å². The Morgan fingerprint density at radius 1 is 1.40 bits per heavy atom. The molecule has 0 heterocycles. The molecule has 84 valence electrons.